The van der Waals surface area contributed by atoms with Crippen LogP contribution in [0.2, 0.25) is 0 Å². The van der Waals surface area contributed by atoms with Crippen molar-refractivity contribution in [3.05, 3.63) is 41.7 Å². The van der Waals surface area contributed by atoms with Crippen LogP contribution in [0.3, 0.4) is 0 Å². The van der Waals surface area contributed by atoms with E-state index in [2.05, 4.69) is 24.3 Å². The number of esters is 1. The highest BCUT2D eigenvalue weighted by Gasteiger charge is 2.29. The van der Waals surface area contributed by atoms with Gasteiger partial charge in [-0.1, -0.05) is 12.1 Å². The Balaban J connectivity index is 1.52. The lowest BCUT2D eigenvalue weighted by Crippen LogP contribution is -2.49. The molecule has 9 nitrogen and oxygen atoms in total. The van der Waals surface area contributed by atoms with Crippen molar-refractivity contribution in [3.8, 4) is 5.75 Å². The molecule has 0 aliphatic carbocycles. The normalized spacial score (nSPS) is 19.0. The van der Waals surface area contributed by atoms with Gasteiger partial charge in [0.05, 0.1) is 5.56 Å². The first-order valence-corrected chi connectivity index (χ1v) is 11.3. The maximum atomic E-state index is 12.6. The van der Waals surface area contributed by atoms with Crippen LogP contribution >= 0.6 is 0 Å². The molecule has 1 aromatic heterocycles. The molecule has 1 aliphatic heterocycles. The molecule has 178 valence electrons. The number of amides is 2. The molecule has 1 fully saturated rings. The van der Waals surface area contributed by atoms with Gasteiger partial charge >= 0.3 is 5.97 Å². The van der Waals surface area contributed by atoms with Crippen LogP contribution in [0.4, 0.5) is 5.82 Å². The number of carbonyl (C=O) groups excluding carboxylic acids is 3. The summed E-state index contributed by atoms with van der Waals surface area (Å²) in [6.45, 7) is 7.51. The van der Waals surface area contributed by atoms with E-state index in [4.69, 9.17) is 14.0 Å². The number of nitrogens with zero attached hydrogens (tertiary/aromatic N) is 2. The van der Waals surface area contributed by atoms with Gasteiger partial charge in [0.2, 0.25) is 0 Å². The van der Waals surface area contributed by atoms with E-state index in [0.29, 0.717) is 17.9 Å². The third-order valence-electron chi connectivity index (χ3n) is 5.73. The van der Waals surface area contributed by atoms with E-state index in [1.807, 2.05) is 4.90 Å². The highest BCUT2D eigenvalue weighted by atomic mass is 16.5. The van der Waals surface area contributed by atoms with Crippen molar-refractivity contribution in [2.75, 3.05) is 11.9 Å². The number of benzene rings is 1. The molecular formula is C24H31N3O6. The van der Waals surface area contributed by atoms with E-state index >= 15 is 0 Å². The summed E-state index contributed by atoms with van der Waals surface area (Å²) in [5, 5.41) is 6.26. The van der Waals surface area contributed by atoms with E-state index in [9.17, 15) is 14.4 Å². The highest BCUT2D eigenvalue weighted by molar-refractivity contribution is 5.97. The Morgan fingerprint density at radius 1 is 1.18 bits per heavy atom. The maximum absolute atomic E-state index is 12.6. The van der Waals surface area contributed by atoms with Crippen molar-refractivity contribution < 1.29 is 28.4 Å². The molecule has 3 rings (SSSR count). The van der Waals surface area contributed by atoms with Gasteiger partial charge in [0.15, 0.2) is 18.5 Å². The summed E-state index contributed by atoms with van der Waals surface area (Å²) in [7, 11) is 0. The molecule has 0 unspecified atom stereocenters. The summed E-state index contributed by atoms with van der Waals surface area (Å²) in [4.78, 5) is 39.4. The number of ether oxygens (including phenoxy) is 2. The lowest BCUT2D eigenvalue weighted by Gasteiger charge is -2.38. The minimum atomic E-state index is -0.975. The van der Waals surface area contributed by atoms with Gasteiger partial charge in [-0.3, -0.25) is 9.59 Å². The van der Waals surface area contributed by atoms with Crippen LogP contribution in [0, 0.1) is 6.92 Å². The van der Waals surface area contributed by atoms with E-state index in [-0.39, 0.29) is 36.0 Å². The smallest absolute Gasteiger partial charge is 0.338 e. The van der Waals surface area contributed by atoms with Crippen molar-refractivity contribution >= 4 is 23.6 Å². The third kappa shape index (κ3) is 6.34. The van der Waals surface area contributed by atoms with Gasteiger partial charge in [-0.2, -0.15) is 0 Å². The number of hydrogen-bond acceptors (Lipinski definition) is 7. The summed E-state index contributed by atoms with van der Waals surface area (Å²) in [5.41, 5.74) is 0.274. The highest BCUT2D eigenvalue weighted by Crippen LogP contribution is 2.23. The lowest BCUT2D eigenvalue weighted by molar-refractivity contribution is -0.139. The minimum absolute atomic E-state index is 0.0442. The van der Waals surface area contributed by atoms with Gasteiger partial charge in [-0.15, -0.1) is 0 Å². The summed E-state index contributed by atoms with van der Waals surface area (Å²) < 4.78 is 15.9. The molecule has 1 saturated heterocycles. The minimum Gasteiger partial charge on any atom is -0.484 e. The van der Waals surface area contributed by atoms with Crippen molar-refractivity contribution in [2.45, 2.75) is 71.6 Å². The molecule has 9 heteroatoms. The Bertz CT molecular complexity index is 961. The Kier molecular flexibility index (Phi) is 8.08. The molecule has 3 atom stereocenters. The molecule has 33 heavy (non-hydrogen) atoms. The maximum Gasteiger partial charge on any atom is 0.338 e. The zero-order chi connectivity index (χ0) is 24.0. The van der Waals surface area contributed by atoms with Crippen LogP contribution in [0.5, 0.6) is 5.75 Å². The summed E-state index contributed by atoms with van der Waals surface area (Å²) in [6.07, 6.45) is 2.45. The van der Waals surface area contributed by atoms with Crippen molar-refractivity contribution in [3.63, 3.8) is 0 Å². The number of rotatable bonds is 8. The number of nitrogens with one attached hydrogen (secondary N) is 1. The third-order valence-corrected chi connectivity index (χ3v) is 5.73. The molecular weight excluding hydrogens is 426 g/mol. The Morgan fingerprint density at radius 2 is 1.85 bits per heavy atom. The first-order chi connectivity index (χ1) is 15.8. The van der Waals surface area contributed by atoms with Crippen LogP contribution in [-0.4, -0.2) is 52.6 Å². The van der Waals surface area contributed by atoms with Gasteiger partial charge in [-0.05, 0) is 70.7 Å². The number of aryl methyl sites for hydroxylation is 1. The van der Waals surface area contributed by atoms with Gasteiger partial charge in [0.25, 0.3) is 11.8 Å². The quantitative estimate of drug-likeness (QED) is 0.601. The second-order valence-electron chi connectivity index (χ2n) is 8.36. The number of piperidine rings is 1. The fourth-order valence-electron chi connectivity index (χ4n) is 3.97. The second-order valence-corrected chi connectivity index (χ2v) is 8.36. The number of carbonyl (C=O) groups is 3. The molecule has 2 heterocycles. The lowest BCUT2D eigenvalue weighted by atomic mass is 9.97. The van der Waals surface area contributed by atoms with E-state index < -0.39 is 18.0 Å². The fourth-order valence-corrected chi connectivity index (χ4v) is 3.97. The molecule has 1 aliphatic rings. The van der Waals surface area contributed by atoms with Gasteiger partial charge in [-0.25, -0.2) is 4.79 Å². The van der Waals surface area contributed by atoms with Crippen molar-refractivity contribution in [1.82, 2.24) is 10.1 Å². The van der Waals surface area contributed by atoms with Crippen LogP contribution < -0.4 is 10.1 Å². The average Bonchev–Trinajstić information content (AvgIpc) is 3.20. The van der Waals surface area contributed by atoms with E-state index in [1.54, 1.807) is 44.2 Å². The molecule has 1 aromatic carbocycles. The predicted octanol–water partition coefficient (Wildman–Crippen LogP) is 3.73. The van der Waals surface area contributed by atoms with Crippen LogP contribution in [-0.2, 0) is 14.3 Å². The topological polar surface area (TPSA) is 111 Å². The zero-order valence-corrected chi connectivity index (χ0v) is 19.5. The Labute approximate surface area is 193 Å². The Hall–Kier alpha value is -3.36. The van der Waals surface area contributed by atoms with Gasteiger partial charge < -0.3 is 24.2 Å². The summed E-state index contributed by atoms with van der Waals surface area (Å²) in [6, 6.07) is 8.28. The molecule has 0 spiro atoms. The van der Waals surface area contributed by atoms with E-state index in [1.165, 1.54) is 0 Å². The van der Waals surface area contributed by atoms with Gasteiger partial charge in [0, 0.05) is 18.2 Å². The predicted molar refractivity (Wildman–Crippen MR) is 121 cm³/mol. The largest absolute Gasteiger partial charge is 0.484 e. The first-order valence-electron chi connectivity index (χ1n) is 11.3. The van der Waals surface area contributed by atoms with Gasteiger partial charge in [0.1, 0.15) is 11.5 Å². The van der Waals surface area contributed by atoms with Crippen LogP contribution in [0.15, 0.2) is 34.9 Å². The number of aromatic nitrogens is 1. The fraction of sp³-hybridized carbons (Fsp3) is 0.500. The number of likely N-dealkylation sites (tertiary alicyclic amines) is 1. The van der Waals surface area contributed by atoms with E-state index in [0.717, 1.165) is 19.3 Å². The molecule has 0 bridgehead atoms. The first kappa shape index (κ1) is 24.3. The average molecular weight is 458 g/mol. The molecule has 2 amide bonds. The van der Waals surface area contributed by atoms with Crippen LogP contribution in [0.25, 0.3) is 0 Å². The van der Waals surface area contributed by atoms with Crippen molar-refractivity contribution in [2.24, 2.45) is 0 Å². The Morgan fingerprint density at radius 3 is 2.42 bits per heavy atom. The molecule has 0 radical (unpaired) electrons. The molecule has 1 N–H and O–H groups in total. The molecule has 0 saturated carbocycles. The second kappa shape index (κ2) is 11.0. The number of anilines is 1. The zero-order valence-electron chi connectivity index (χ0n) is 19.5. The molecule has 2 aromatic rings. The van der Waals surface area contributed by atoms with Crippen LogP contribution in [0.1, 0.15) is 62.6 Å². The van der Waals surface area contributed by atoms with Crippen molar-refractivity contribution in [1.29, 1.82) is 0 Å². The summed E-state index contributed by atoms with van der Waals surface area (Å²) in [5.74, 6) is 0.127. The monoisotopic (exact) mass is 457 g/mol. The number of hydrogen-bond donors (Lipinski definition) is 1. The summed E-state index contributed by atoms with van der Waals surface area (Å²) >= 11 is 0. The SMILES string of the molecule is CC[C@H](OC(=O)c1ccc(OCC(=O)N2[C@@H](C)CCC[C@@H]2C)cc1)C(=O)Nc1cc(C)on1. The standard InChI is InChI=1S/C24H31N3O6/c1-5-20(23(29)25-21-13-17(4)33-26-21)32-24(30)18-9-11-19(12-10-18)31-14-22(28)27-15(2)7-6-8-16(27)3/h9-13,15-16,20H,5-8,14H2,1-4H3,(H,25,26,29)/t15-,16-,20-/m0/s1.